The Balaban J connectivity index is 0.00000497. The van der Waals surface area contributed by atoms with Crippen molar-refractivity contribution in [3.63, 3.8) is 0 Å². The van der Waals surface area contributed by atoms with E-state index in [9.17, 15) is 0 Å². The monoisotopic (exact) mass is 895 g/mol. The molecule has 0 unspecified atom stereocenters. The summed E-state index contributed by atoms with van der Waals surface area (Å²) in [6, 6.07) is 37.1. The molecule has 0 amide bonds. The molecule has 5 nitrogen and oxygen atoms in total. The summed E-state index contributed by atoms with van der Waals surface area (Å²) >= 11 is 0. The molecule has 54 heavy (non-hydrogen) atoms. The first-order chi connectivity index (χ1) is 25.1. The minimum absolute atomic E-state index is 0. The van der Waals surface area contributed by atoms with Crippen LogP contribution in [0.4, 0.5) is 0 Å². The molecule has 282 valence electrons. The first kappa shape index (κ1) is 39.2. The van der Waals surface area contributed by atoms with Crippen molar-refractivity contribution >= 4 is 21.8 Å². The predicted molar refractivity (Wildman–Crippen MR) is 217 cm³/mol. The molecule has 0 aliphatic carbocycles. The van der Waals surface area contributed by atoms with Gasteiger partial charge in [0.1, 0.15) is 5.82 Å². The first-order valence-corrected chi connectivity index (χ1v) is 19.0. The zero-order valence-corrected chi connectivity index (χ0v) is 35.6. The van der Waals surface area contributed by atoms with Gasteiger partial charge in [-0.3, -0.25) is 4.57 Å². The number of para-hydroxylation sites is 1. The number of hydrogen-bond acceptors (Lipinski definition) is 2. The van der Waals surface area contributed by atoms with Crippen LogP contribution in [0.3, 0.4) is 0 Å². The molecular formula is C48H52N4OPt-2. The third-order valence-corrected chi connectivity index (χ3v) is 9.68. The van der Waals surface area contributed by atoms with Gasteiger partial charge in [-0.15, -0.1) is 29.7 Å². The molecule has 6 heteroatoms. The normalized spacial score (nSPS) is 12.2. The van der Waals surface area contributed by atoms with Crippen molar-refractivity contribution in [2.75, 3.05) is 0 Å². The smallest absolute Gasteiger partial charge is 0.267 e. The third-order valence-electron chi connectivity index (χ3n) is 9.68. The van der Waals surface area contributed by atoms with E-state index in [4.69, 9.17) is 9.72 Å². The number of hydrogen-bond donors (Lipinski definition) is 0. The Morgan fingerprint density at radius 3 is 2.07 bits per heavy atom. The van der Waals surface area contributed by atoms with Crippen LogP contribution in [0.1, 0.15) is 91.6 Å². The Morgan fingerprint density at radius 2 is 1.41 bits per heavy atom. The summed E-state index contributed by atoms with van der Waals surface area (Å²) in [6.45, 7) is 22.5. The fourth-order valence-electron chi connectivity index (χ4n) is 7.20. The van der Waals surface area contributed by atoms with Crippen LogP contribution in [0.2, 0.25) is 0 Å². The predicted octanol–water partition coefficient (Wildman–Crippen LogP) is 11.4. The van der Waals surface area contributed by atoms with Gasteiger partial charge in [0.2, 0.25) is 0 Å². The topological polar surface area (TPSA) is 35.9 Å². The average Bonchev–Trinajstić information content (AvgIpc) is 3.68. The van der Waals surface area contributed by atoms with Crippen molar-refractivity contribution in [2.45, 2.75) is 92.9 Å². The summed E-state index contributed by atoms with van der Waals surface area (Å²) in [6.07, 6.45) is 9.89. The quantitative estimate of drug-likeness (QED) is 0.107. The van der Waals surface area contributed by atoms with Crippen molar-refractivity contribution in [1.29, 1.82) is 0 Å². The molecule has 0 aliphatic rings. The zero-order valence-electron chi connectivity index (χ0n) is 33.3. The molecule has 0 spiro atoms. The maximum atomic E-state index is 6.56. The van der Waals surface area contributed by atoms with Gasteiger partial charge in [-0.25, -0.2) is 4.98 Å². The van der Waals surface area contributed by atoms with Crippen molar-refractivity contribution in [3.05, 3.63) is 138 Å². The van der Waals surface area contributed by atoms with E-state index in [0.29, 0.717) is 23.3 Å². The van der Waals surface area contributed by atoms with Gasteiger partial charge < -0.3 is 13.9 Å². The van der Waals surface area contributed by atoms with Crippen LogP contribution in [0.25, 0.3) is 39.0 Å². The molecule has 0 saturated carbocycles. The third kappa shape index (κ3) is 8.27. The van der Waals surface area contributed by atoms with E-state index in [1.54, 1.807) is 0 Å². The van der Waals surface area contributed by atoms with E-state index in [1.165, 1.54) is 16.7 Å². The second kappa shape index (κ2) is 15.3. The first-order valence-electron chi connectivity index (χ1n) is 19.0. The maximum absolute atomic E-state index is 6.56. The van der Waals surface area contributed by atoms with E-state index in [-0.39, 0.29) is 31.9 Å². The molecule has 0 aliphatic heterocycles. The molecule has 3 aromatic heterocycles. The Labute approximate surface area is 336 Å². The second-order valence-electron chi connectivity index (χ2n) is 17.4. The van der Waals surface area contributed by atoms with Crippen LogP contribution in [0.5, 0.6) is 11.5 Å². The molecule has 7 aromatic rings. The van der Waals surface area contributed by atoms with Gasteiger partial charge in [0.25, 0.3) is 6.33 Å². The summed E-state index contributed by atoms with van der Waals surface area (Å²) in [4.78, 5) is 4.83. The van der Waals surface area contributed by atoms with Gasteiger partial charge in [-0.05, 0) is 82.5 Å². The second-order valence-corrected chi connectivity index (χ2v) is 17.4. The number of ether oxygens (including phenoxy) is 1. The van der Waals surface area contributed by atoms with Crippen LogP contribution in [0, 0.1) is 30.3 Å². The van der Waals surface area contributed by atoms with Gasteiger partial charge in [-0.1, -0.05) is 110 Å². The number of imidazole rings is 1. The Morgan fingerprint density at radius 1 is 0.722 bits per heavy atom. The number of fused-ring (bicyclic) bond motifs is 3. The van der Waals surface area contributed by atoms with Gasteiger partial charge in [-0.2, -0.15) is 18.2 Å². The summed E-state index contributed by atoms with van der Waals surface area (Å²) in [5.41, 5.74) is 8.95. The Kier molecular flexibility index (Phi) is 11.1. The number of nitrogens with zero attached hydrogens (tertiary/aromatic N) is 4. The largest absolute Gasteiger partial charge is 0.510 e. The van der Waals surface area contributed by atoms with E-state index >= 15 is 0 Å². The average molecular weight is 896 g/mol. The standard InChI is InChI=1S/C48H52N4O.Pt/c1-32(2)22-34-24-35(23-33(3)4)26-38(25-34)50-30-45(48(8,9)10)51(31-50)37-14-13-15-39(28-37)53-40-18-19-42-41-16-11-12-17-43(41)52(44(42)29-40)46-27-36(20-21-49-46)47(5,6)7;/h11-21,24-27,30,32-33H,22-23H2,1-10H3;/q-2;. The Hall–Kier alpha value is -4.47. The zero-order chi connectivity index (χ0) is 37.7. The summed E-state index contributed by atoms with van der Waals surface area (Å²) in [7, 11) is 0. The number of rotatable bonds is 9. The molecule has 0 N–H and O–H groups in total. The summed E-state index contributed by atoms with van der Waals surface area (Å²) in [5, 5.41) is 2.25. The molecule has 0 saturated heterocycles. The van der Waals surface area contributed by atoms with Crippen LogP contribution in [-0.2, 0) is 44.7 Å². The molecule has 7 rings (SSSR count). The van der Waals surface area contributed by atoms with Gasteiger partial charge >= 0.3 is 0 Å². The molecule has 0 fully saturated rings. The van der Waals surface area contributed by atoms with Gasteiger partial charge in [0.05, 0.1) is 11.4 Å². The summed E-state index contributed by atoms with van der Waals surface area (Å²) in [5.74, 6) is 3.25. The molecule has 3 heterocycles. The SMILES string of the molecule is CC(C)Cc1cc(CC(C)C)cc(-[n+]2[c-]n(-c3[c-]c(Oc4[c-]c5c(cc4)c4ccccc4n5-c4cc(C(C)(C)C)ccn4)ccc3)c(C(C)(C)C)c2)c1.[Pt]. The van der Waals surface area contributed by atoms with Crippen molar-refractivity contribution in [2.24, 2.45) is 11.8 Å². The van der Waals surface area contributed by atoms with Crippen LogP contribution in [-0.4, -0.2) is 14.1 Å². The van der Waals surface area contributed by atoms with Crippen molar-refractivity contribution in [1.82, 2.24) is 14.1 Å². The number of pyridine rings is 1. The number of aromatic nitrogens is 4. The van der Waals surface area contributed by atoms with Gasteiger partial charge in [0.15, 0.2) is 0 Å². The molecular weight excluding hydrogens is 844 g/mol. The molecule has 0 bridgehead atoms. The molecule has 0 atom stereocenters. The van der Waals surface area contributed by atoms with E-state index in [1.807, 2.05) is 24.4 Å². The van der Waals surface area contributed by atoms with Gasteiger partial charge in [0, 0.05) is 50.5 Å². The molecule has 4 aromatic carbocycles. The van der Waals surface area contributed by atoms with Crippen LogP contribution in [0.15, 0.2) is 97.3 Å². The molecule has 0 radical (unpaired) electrons. The van der Waals surface area contributed by atoms with E-state index in [2.05, 4.69) is 174 Å². The fraction of sp³-hybridized carbons (Fsp3) is 0.333. The number of benzene rings is 4. The fourth-order valence-corrected chi connectivity index (χ4v) is 7.20. The van der Waals surface area contributed by atoms with E-state index in [0.717, 1.165) is 57.5 Å². The Bertz CT molecular complexity index is 2390. The summed E-state index contributed by atoms with van der Waals surface area (Å²) < 4.78 is 13.0. The van der Waals surface area contributed by atoms with Crippen molar-refractivity contribution < 1.29 is 30.4 Å². The van der Waals surface area contributed by atoms with Crippen LogP contribution < -0.4 is 9.30 Å². The minimum atomic E-state index is -0.146. The maximum Gasteiger partial charge on any atom is 0.267 e. The van der Waals surface area contributed by atoms with Crippen molar-refractivity contribution in [3.8, 4) is 28.7 Å². The minimum Gasteiger partial charge on any atom is -0.510 e. The van der Waals surface area contributed by atoms with Crippen LogP contribution >= 0.6 is 0 Å². The van der Waals surface area contributed by atoms with E-state index < -0.39 is 0 Å².